The van der Waals surface area contributed by atoms with Crippen LogP contribution in [-0.2, 0) is 9.53 Å². The van der Waals surface area contributed by atoms with Crippen LogP contribution >= 0.6 is 0 Å². The first-order valence-corrected chi connectivity index (χ1v) is 7.77. The predicted octanol–water partition coefficient (Wildman–Crippen LogP) is 3.30. The molecule has 0 aromatic heterocycles. The van der Waals surface area contributed by atoms with Crippen molar-refractivity contribution in [3.8, 4) is 17.2 Å². The van der Waals surface area contributed by atoms with Gasteiger partial charge in [-0.1, -0.05) is 17.7 Å². The van der Waals surface area contributed by atoms with Crippen molar-refractivity contribution in [3.63, 3.8) is 0 Å². The maximum atomic E-state index is 12.0. The molecule has 2 aromatic rings. The quantitative estimate of drug-likeness (QED) is 0.924. The lowest BCUT2D eigenvalue weighted by Gasteiger charge is -2.29. The van der Waals surface area contributed by atoms with Crippen LogP contribution in [0.3, 0.4) is 0 Å². The average Bonchev–Trinajstić information content (AvgIpc) is 3.07. The minimum Gasteiger partial charge on any atom is -0.495 e. The molecule has 0 fully saturated rings. The average molecular weight is 340 g/mol. The van der Waals surface area contributed by atoms with E-state index >= 15 is 0 Å². The lowest BCUT2D eigenvalue weighted by molar-refractivity contribution is -0.133. The molecule has 0 saturated carbocycles. The first-order chi connectivity index (χ1) is 12.1. The van der Waals surface area contributed by atoms with Crippen LogP contribution in [0.4, 0.5) is 0 Å². The molecule has 0 saturated heterocycles. The summed E-state index contributed by atoms with van der Waals surface area (Å²) in [5, 5.41) is 9.79. The Kier molecular flexibility index (Phi) is 3.53. The van der Waals surface area contributed by atoms with E-state index in [1.54, 1.807) is 18.2 Å². The third kappa shape index (κ3) is 2.46. The number of aryl methyl sites for hydroxylation is 1. The molecule has 2 aliphatic rings. The van der Waals surface area contributed by atoms with Crippen molar-refractivity contribution in [3.05, 3.63) is 58.7 Å². The number of benzene rings is 2. The van der Waals surface area contributed by atoms with Crippen LogP contribution in [0.15, 0.2) is 42.0 Å². The molecule has 2 heterocycles. The van der Waals surface area contributed by atoms with Crippen LogP contribution in [0, 0.1) is 6.92 Å². The molecule has 0 spiro atoms. The fourth-order valence-electron chi connectivity index (χ4n) is 3.11. The Morgan fingerprint density at radius 2 is 1.88 bits per heavy atom. The minimum atomic E-state index is -1.09. The number of methoxy groups -OCH3 is 1. The van der Waals surface area contributed by atoms with Crippen molar-refractivity contribution >= 4 is 11.7 Å². The van der Waals surface area contributed by atoms with Crippen molar-refractivity contribution in [1.82, 2.24) is 0 Å². The van der Waals surface area contributed by atoms with Gasteiger partial charge in [-0.25, -0.2) is 4.79 Å². The maximum absolute atomic E-state index is 12.0. The van der Waals surface area contributed by atoms with E-state index in [2.05, 4.69) is 0 Å². The van der Waals surface area contributed by atoms with Crippen LogP contribution in [0.1, 0.15) is 22.8 Å². The van der Waals surface area contributed by atoms with Gasteiger partial charge < -0.3 is 24.1 Å². The van der Waals surface area contributed by atoms with Crippen LogP contribution < -0.4 is 14.2 Å². The van der Waals surface area contributed by atoms with Gasteiger partial charge in [0, 0.05) is 5.56 Å². The molecule has 4 rings (SSSR count). The summed E-state index contributed by atoms with van der Waals surface area (Å²) in [6, 6.07) is 10.8. The second-order valence-electron chi connectivity index (χ2n) is 5.86. The van der Waals surface area contributed by atoms with E-state index < -0.39 is 12.1 Å². The van der Waals surface area contributed by atoms with E-state index in [0.29, 0.717) is 34.1 Å². The van der Waals surface area contributed by atoms with Gasteiger partial charge in [0.25, 0.3) is 0 Å². The number of carbonyl (C=O) groups is 1. The smallest absolute Gasteiger partial charge is 0.339 e. The molecule has 0 bridgehead atoms. The molecule has 6 nitrogen and oxygen atoms in total. The van der Waals surface area contributed by atoms with Crippen molar-refractivity contribution in [2.45, 2.75) is 13.0 Å². The first-order valence-electron chi connectivity index (χ1n) is 7.77. The van der Waals surface area contributed by atoms with Gasteiger partial charge >= 0.3 is 5.97 Å². The first kappa shape index (κ1) is 15.4. The van der Waals surface area contributed by atoms with Crippen LogP contribution in [-0.4, -0.2) is 25.0 Å². The number of carboxylic acids is 1. The minimum absolute atomic E-state index is 0.0551. The third-order valence-corrected chi connectivity index (χ3v) is 4.27. The predicted molar refractivity (Wildman–Crippen MR) is 88.7 cm³/mol. The number of hydrogen-bond acceptors (Lipinski definition) is 5. The Morgan fingerprint density at radius 3 is 2.64 bits per heavy atom. The highest BCUT2D eigenvalue weighted by molar-refractivity contribution is 5.98. The van der Waals surface area contributed by atoms with Crippen LogP contribution in [0.25, 0.3) is 5.76 Å². The van der Waals surface area contributed by atoms with Gasteiger partial charge in [-0.15, -0.1) is 0 Å². The Hall–Kier alpha value is -3.15. The SMILES string of the molecule is COC1=C(C(=O)O)[C@@H](c2ccc3c(c2)OCO3)Oc2ccc(C)cc21. The number of ether oxygens (including phenoxy) is 4. The van der Waals surface area contributed by atoms with E-state index in [1.165, 1.54) is 7.11 Å². The summed E-state index contributed by atoms with van der Waals surface area (Å²) in [5.41, 5.74) is 2.34. The summed E-state index contributed by atoms with van der Waals surface area (Å²) in [7, 11) is 1.46. The molecule has 2 aromatic carbocycles. The topological polar surface area (TPSA) is 74.2 Å². The third-order valence-electron chi connectivity index (χ3n) is 4.27. The summed E-state index contributed by atoms with van der Waals surface area (Å²) in [5.74, 6) is 0.991. The van der Waals surface area contributed by atoms with Gasteiger partial charge in [-0.05, 0) is 31.2 Å². The normalized spacial score (nSPS) is 17.8. The zero-order valence-corrected chi connectivity index (χ0v) is 13.7. The molecule has 128 valence electrons. The van der Waals surface area contributed by atoms with E-state index in [9.17, 15) is 9.90 Å². The van der Waals surface area contributed by atoms with Crippen molar-refractivity contribution < 1.29 is 28.8 Å². The van der Waals surface area contributed by atoms with Gasteiger partial charge in [0.15, 0.2) is 17.6 Å². The maximum Gasteiger partial charge on any atom is 0.339 e. The van der Waals surface area contributed by atoms with Gasteiger partial charge in [0.2, 0.25) is 6.79 Å². The molecule has 0 radical (unpaired) electrons. The summed E-state index contributed by atoms with van der Waals surface area (Å²) in [6.45, 7) is 2.08. The second-order valence-corrected chi connectivity index (χ2v) is 5.86. The monoisotopic (exact) mass is 340 g/mol. The zero-order chi connectivity index (χ0) is 17.6. The van der Waals surface area contributed by atoms with Crippen molar-refractivity contribution in [2.75, 3.05) is 13.9 Å². The van der Waals surface area contributed by atoms with Gasteiger partial charge in [-0.3, -0.25) is 0 Å². The van der Waals surface area contributed by atoms with E-state index in [-0.39, 0.29) is 12.4 Å². The van der Waals surface area contributed by atoms with E-state index in [0.717, 1.165) is 5.56 Å². The molecule has 1 atom stereocenters. The highest BCUT2D eigenvalue weighted by Crippen LogP contribution is 2.44. The largest absolute Gasteiger partial charge is 0.495 e. The van der Waals surface area contributed by atoms with Crippen LogP contribution in [0.5, 0.6) is 17.2 Å². The highest BCUT2D eigenvalue weighted by atomic mass is 16.7. The molecule has 25 heavy (non-hydrogen) atoms. The number of carboxylic acid groups (broad SMARTS) is 1. The molecule has 0 aliphatic carbocycles. The number of hydrogen-bond donors (Lipinski definition) is 1. The van der Waals surface area contributed by atoms with Gasteiger partial charge in [-0.2, -0.15) is 0 Å². The standard InChI is InChI=1S/C19H16O6/c1-10-3-5-13-12(7-10)18(22-2)16(19(20)21)17(25-13)11-4-6-14-15(8-11)24-9-23-14/h3-8,17H,9H2,1-2H3,(H,20,21)/t17-/m1/s1. The molecule has 0 unspecified atom stereocenters. The van der Waals surface area contributed by atoms with Crippen LogP contribution in [0.2, 0.25) is 0 Å². The summed E-state index contributed by atoms with van der Waals surface area (Å²) in [4.78, 5) is 12.0. The second kappa shape index (κ2) is 5.73. The van der Waals surface area contributed by atoms with Crippen molar-refractivity contribution in [2.24, 2.45) is 0 Å². The summed E-state index contributed by atoms with van der Waals surface area (Å²) >= 11 is 0. The summed E-state index contributed by atoms with van der Waals surface area (Å²) < 4.78 is 22.2. The Morgan fingerprint density at radius 1 is 1.12 bits per heavy atom. The Balaban J connectivity index is 1.88. The number of aliphatic carboxylic acids is 1. The molecular weight excluding hydrogens is 324 g/mol. The molecule has 2 aliphatic heterocycles. The lowest BCUT2D eigenvalue weighted by Crippen LogP contribution is -2.23. The van der Waals surface area contributed by atoms with E-state index in [1.807, 2.05) is 25.1 Å². The number of fused-ring (bicyclic) bond motifs is 2. The Bertz CT molecular complexity index is 899. The molecule has 1 N–H and O–H groups in total. The van der Waals surface area contributed by atoms with Gasteiger partial charge in [0.05, 0.1) is 12.7 Å². The van der Waals surface area contributed by atoms with E-state index in [4.69, 9.17) is 18.9 Å². The molecular formula is C19H16O6. The van der Waals surface area contributed by atoms with Gasteiger partial charge in [0.1, 0.15) is 17.1 Å². The number of rotatable bonds is 3. The zero-order valence-electron chi connectivity index (χ0n) is 13.7. The fraction of sp³-hybridized carbons (Fsp3) is 0.211. The summed E-state index contributed by atoms with van der Waals surface area (Å²) in [6.07, 6.45) is -0.808. The fourth-order valence-corrected chi connectivity index (χ4v) is 3.11. The lowest BCUT2D eigenvalue weighted by atomic mass is 9.93. The molecule has 0 amide bonds. The Labute approximate surface area is 144 Å². The van der Waals surface area contributed by atoms with Crippen molar-refractivity contribution in [1.29, 1.82) is 0 Å². The molecule has 6 heteroatoms. The highest BCUT2D eigenvalue weighted by Gasteiger charge is 2.36.